The molecule has 0 fully saturated rings. The summed E-state index contributed by atoms with van der Waals surface area (Å²) in [7, 11) is 1.31. The van der Waals surface area contributed by atoms with Crippen molar-refractivity contribution in [1.82, 2.24) is 0 Å². The number of hydrogen-bond donors (Lipinski definition) is 1. The molecule has 0 radical (unpaired) electrons. The summed E-state index contributed by atoms with van der Waals surface area (Å²) in [5, 5.41) is 8.34. The molecule has 0 spiro atoms. The first-order valence-electron chi connectivity index (χ1n) is 5.06. The van der Waals surface area contributed by atoms with Crippen LogP contribution >= 0.6 is 0 Å². The van der Waals surface area contributed by atoms with Crippen LogP contribution in [0.2, 0.25) is 0 Å². The highest BCUT2D eigenvalue weighted by atomic mass is 16.5. The van der Waals surface area contributed by atoms with Gasteiger partial charge in [-0.05, 0) is 6.42 Å². The van der Waals surface area contributed by atoms with Crippen LogP contribution < -0.4 is 0 Å². The monoisotopic (exact) mass is 222 g/mol. The zero-order chi connectivity index (χ0) is 11.8. The highest BCUT2D eigenvalue weighted by Crippen LogP contribution is 1.87. The molecule has 0 bridgehead atoms. The predicted molar refractivity (Wildman–Crippen MR) is 56.7 cm³/mol. The van der Waals surface area contributed by atoms with Crippen molar-refractivity contribution in [3.63, 3.8) is 0 Å². The molecule has 0 heterocycles. The van der Waals surface area contributed by atoms with Crippen LogP contribution in [0.25, 0.3) is 0 Å². The Hall–Kier alpha value is -0.650. The fourth-order valence-corrected chi connectivity index (χ4v) is 0.633. The fraction of sp³-hybridized carbons (Fsp3) is 0.900. The lowest BCUT2D eigenvalue weighted by Gasteiger charge is -2.02. The molecule has 0 aromatic rings. The molecule has 0 atom stereocenters. The Morgan fingerprint density at radius 2 is 1.67 bits per heavy atom. The van der Waals surface area contributed by atoms with E-state index in [1.165, 1.54) is 7.11 Å². The third kappa shape index (κ3) is 24.7. The third-order valence-corrected chi connectivity index (χ3v) is 1.35. The second-order valence-corrected chi connectivity index (χ2v) is 2.63. The Kier molecular flexibility index (Phi) is 21.2. The lowest BCUT2D eigenvalue weighted by atomic mass is 10.4. The Balaban J connectivity index is 0. The van der Waals surface area contributed by atoms with Gasteiger partial charge >= 0.3 is 0 Å². The second-order valence-electron chi connectivity index (χ2n) is 2.63. The number of aliphatic hydroxyl groups excluding tert-OH is 1. The average Bonchev–Trinajstić information content (AvgIpc) is 2.28. The van der Waals surface area contributed by atoms with Crippen LogP contribution in [0.1, 0.15) is 19.8 Å². The smallest absolute Gasteiger partial charge is 0.292 e. The summed E-state index contributed by atoms with van der Waals surface area (Å²) in [5.41, 5.74) is 0. The Bertz CT molecular complexity index is 100.0. The molecule has 0 aliphatic heterocycles. The average molecular weight is 222 g/mol. The lowest BCUT2D eigenvalue weighted by Crippen LogP contribution is -2.07. The molecule has 1 N–H and O–H groups in total. The van der Waals surface area contributed by atoms with Gasteiger partial charge in [-0.25, -0.2) is 0 Å². The van der Waals surface area contributed by atoms with E-state index in [1.807, 2.05) is 0 Å². The van der Waals surface area contributed by atoms with Gasteiger partial charge in [0, 0.05) is 6.61 Å². The number of rotatable bonds is 9. The maximum atomic E-state index is 8.95. The number of hydrogen-bond acceptors (Lipinski definition) is 5. The van der Waals surface area contributed by atoms with Crippen molar-refractivity contribution in [2.24, 2.45) is 0 Å². The van der Waals surface area contributed by atoms with Crippen molar-refractivity contribution in [2.75, 3.05) is 40.1 Å². The molecule has 0 rings (SSSR count). The Labute approximate surface area is 91.3 Å². The second kappa shape index (κ2) is 19.0. The van der Waals surface area contributed by atoms with Gasteiger partial charge in [-0.15, -0.1) is 0 Å². The van der Waals surface area contributed by atoms with Crippen molar-refractivity contribution < 1.29 is 24.1 Å². The number of methoxy groups -OCH3 is 1. The number of aliphatic hydroxyl groups is 1. The first-order chi connectivity index (χ1) is 7.33. The van der Waals surface area contributed by atoms with E-state index in [2.05, 4.69) is 11.7 Å². The predicted octanol–water partition coefficient (Wildman–Crippen LogP) is 0.601. The van der Waals surface area contributed by atoms with Crippen molar-refractivity contribution in [2.45, 2.75) is 19.8 Å². The van der Waals surface area contributed by atoms with E-state index in [-0.39, 0.29) is 6.61 Å². The standard InChI is InChI=1S/C8H18O3.C2H4O2/c1-2-3-5-10-7-8-11-6-4-9;1-4-2-3/h9H,2-8H2,1H3;2H,1H3. The molecule has 0 amide bonds. The number of ether oxygens (including phenoxy) is 3. The molecular formula is C10H22O5. The van der Waals surface area contributed by atoms with Crippen molar-refractivity contribution in [3.05, 3.63) is 0 Å². The van der Waals surface area contributed by atoms with Gasteiger partial charge < -0.3 is 19.3 Å². The summed E-state index contributed by atoms with van der Waals surface area (Å²) < 4.78 is 14.1. The largest absolute Gasteiger partial charge is 0.471 e. The van der Waals surface area contributed by atoms with Gasteiger partial charge in [0.05, 0.1) is 33.5 Å². The maximum absolute atomic E-state index is 8.95. The minimum atomic E-state index is 0.0922. The molecule has 0 aliphatic rings. The zero-order valence-corrected chi connectivity index (χ0v) is 9.61. The molecule has 0 saturated heterocycles. The third-order valence-electron chi connectivity index (χ3n) is 1.35. The molecule has 92 valence electrons. The molecule has 5 nitrogen and oxygen atoms in total. The van der Waals surface area contributed by atoms with Crippen LogP contribution in [-0.2, 0) is 19.0 Å². The molecule has 5 heteroatoms. The van der Waals surface area contributed by atoms with Gasteiger partial charge in [0.1, 0.15) is 0 Å². The lowest BCUT2D eigenvalue weighted by molar-refractivity contribution is -0.126. The van der Waals surface area contributed by atoms with Gasteiger partial charge in [0.15, 0.2) is 0 Å². The summed E-state index contributed by atoms with van der Waals surface area (Å²) in [6.07, 6.45) is 2.28. The van der Waals surface area contributed by atoms with E-state index in [9.17, 15) is 0 Å². The van der Waals surface area contributed by atoms with Gasteiger partial charge in [0.25, 0.3) is 6.47 Å². The van der Waals surface area contributed by atoms with Crippen LogP contribution in [0.5, 0.6) is 0 Å². The molecule has 0 aliphatic carbocycles. The van der Waals surface area contributed by atoms with E-state index in [0.29, 0.717) is 26.3 Å². The van der Waals surface area contributed by atoms with Crippen molar-refractivity contribution in [3.8, 4) is 0 Å². The first kappa shape index (κ1) is 16.8. The van der Waals surface area contributed by atoms with Gasteiger partial charge in [-0.2, -0.15) is 0 Å². The Morgan fingerprint density at radius 1 is 1.13 bits per heavy atom. The van der Waals surface area contributed by atoms with E-state index in [4.69, 9.17) is 19.4 Å². The Morgan fingerprint density at radius 3 is 2.07 bits per heavy atom. The molecular weight excluding hydrogens is 200 g/mol. The number of carbonyl (C=O) groups is 1. The molecule has 0 saturated carbocycles. The summed E-state index contributed by atoms with van der Waals surface area (Å²) in [6, 6.07) is 0. The topological polar surface area (TPSA) is 65.0 Å². The number of unbranched alkanes of at least 4 members (excludes halogenated alkanes) is 1. The molecule has 0 aromatic heterocycles. The minimum absolute atomic E-state index is 0.0922. The highest BCUT2D eigenvalue weighted by Gasteiger charge is 1.87. The van der Waals surface area contributed by atoms with Crippen LogP contribution in [0.15, 0.2) is 0 Å². The van der Waals surface area contributed by atoms with Gasteiger partial charge in [-0.1, -0.05) is 13.3 Å². The fourth-order valence-electron chi connectivity index (χ4n) is 0.633. The van der Waals surface area contributed by atoms with Gasteiger partial charge in [0.2, 0.25) is 0 Å². The van der Waals surface area contributed by atoms with E-state index >= 15 is 0 Å². The van der Waals surface area contributed by atoms with Crippen LogP contribution in [-0.4, -0.2) is 51.7 Å². The quantitative estimate of drug-likeness (QED) is 0.457. The van der Waals surface area contributed by atoms with Crippen LogP contribution in [0, 0.1) is 0 Å². The summed E-state index contributed by atoms with van der Waals surface area (Å²) >= 11 is 0. The molecule has 0 aromatic carbocycles. The van der Waals surface area contributed by atoms with Gasteiger partial charge in [-0.3, -0.25) is 4.79 Å². The van der Waals surface area contributed by atoms with Crippen LogP contribution in [0.4, 0.5) is 0 Å². The highest BCUT2D eigenvalue weighted by molar-refractivity contribution is 5.36. The molecule has 0 unspecified atom stereocenters. The summed E-state index contributed by atoms with van der Waals surface area (Å²) in [5.74, 6) is 0. The summed E-state index contributed by atoms with van der Waals surface area (Å²) in [6.45, 7) is 5.06. The normalized spacial score (nSPS) is 9.00. The SMILES string of the molecule is CCCCOCCOCCO.COC=O. The van der Waals surface area contributed by atoms with E-state index in [1.54, 1.807) is 0 Å². The van der Waals surface area contributed by atoms with E-state index in [0.717, 1.165) is 19.4 Å². The number of carbonyl (C=O) groups excluding carboxylic acids is 1. The summed E-state index contributed by atoms with van der Waals surface area (Å²) in [4.78, 5) is 8.95. The zero-order valence-electron chi connectivity index (χ0n) is 9.61. The maximum Gasteiger partial charge on any atom is 0.292 e. The first-order valence-corrected chi connectivity index (χ1v) is 5.06. The van der Waals surface area contributed by atoms with Crippen molar-refractivity contribution in [1.29, 1.82) is 0 Å². The van der Waals surface area contributed by atoms with E-state index < -0.39 is 0 Å². The van der Waals surface area contributed by atoms with Crippen LogP contribution in [0.3, 0.4) is 0 Å². The van der Waals surface area contributed by atoms with Crippen molar-refractivity contribution >= 4 is 6.47 Å². The molecule has 15 heavy (non-hydrogen) atoms. The minimum Gasteiger partial charge on any atom is -0.471 e.